The highest BCUT2D eigenvalue weighted by Gasteiger charge is 2.12. The molecule has 4 nitrogen and oxygen atoms in total. The molecule has 2 heterocycles. The Kier molecular flexibility index (Phi) is 4.75. The van der Waals surface area contributed by atoms with Crippen LogP contribution < -0.4 is 5.73 Å². The van der Waals surface area contributed by atoms with Crippen molar-refractivity contribution in [1.82, 2.24) is 9.88 Å². The maximum absolute atomic E-state index is 5.92. The molecule has 122 valence electrons. The zero-order chi connectivity index (χ0) is 16.9. The summed E-state index contributed by atoms with van der Waals surface area (Å²) in [5.41, 5.74) is 11.6. The van der Waals surface area contributed by atoms with Gasteiger partial charge in [0.1, 0.15) is 0 Å². The van der Waals surface area contributed by atoms with E-state index in [0.29, 0.717) is 5.96 Å². The number of allylic oxidation sites excluding steroid dienone is 2. The van der Waals surface area contributed by atoms with E-state index in [1.165, 1.54) is 16.7 Å². The Morgan fingerprint density at radius 1 is 1.04 bits per heavy atom. The monoisotopic (exact) mass is 318 g/mol. The summed E-state index contributed by atoms with van der Waals surface area (Å²) in [6.07, 6.45) is 8.46. The van der Waals surface area contributed by atoms with E-state index in [1.807, 2.05) is 25.5 Å². The highest BCUT2D eigenvalue weighted by atomic mass is 15.2. The molecule has 2 N–H and O–H groups in total. The zero-order valence-electron chi connectivity index (χ0n) is 13.9. The number of hydrogen-bond donors (Lipinski definition) is 1. The summed E-state index contributed by atoms with van der Waals surface area (Å²) >= 11 is 0. The molecule has 0 saturated carbocycles. The largest absolute Gasteiger partial charge is 0.369 e. The molecule has 1 aromatic carbocycles. The fourth-order valence-corrected chi connectivity index (χ4v) is 2.72. The van der Waals surface area contributed by atoms with Crippen molar-refractivity contribution < 1.29 is 0 Å². The van der Waals surface area contributed by atoms with Gasteiger partial charge < -0.3 is 10.6 Å². The van der Waals surface area contributed by atoms with Gasteiger partial charge in [0.2, 0.25) is 0 Å². The molecule has 1 aromatic heterocycles. The average Bonchev–Trinajstić information content (AvgIpc) is 2.59. The minimum absolute atomic E-state index is 0.492. The Bertz CT molecular complexity index is 790. The molecule has 1 aliphatic rings. The van der Waals surface area contributed by atoms with Gasteiger partial charge in [0.15, 0.2) is 5.96 Å². The average molecular weight is 318 g/mol. The molecular formula is C20H22N4. The lowest BCUT2D eigenvalue weighted by molar-refractivity contribution is 0.627. The van der Waals surface area contributed by atoms with Crippen LogP contribution in [0.2, 0.25) is 0 Å². The predicted octanol–water partition coefficient (Wildman–Crippen LogP) is 3.07. The van der Waals surface area contributed by atoms with Crippen molar-refractivity contribution in [3.05, 3.63) is 89.5 Å². The molecule has 0 atom stereocenters. The quantitative estimate of drug-likeness (QED) is 0.922. The Balaban J connectivity index is 1.67. The first-order valence-corrected chi connectivity index (χ1v) is 8.06. The number of rotatable bonds is 5. The van der Waals surface area contributed by atoms with E-state index >= 15 is 0 Å². The van der Waals surface area contributed by atoms with Crippen LogP contribution >= 0.6 is 0 Å². The summed E-state index contributed by atoms with van der Waals surface area (Å²) in [5.74, 6) is 0.492. The van der Waals surface area contributed by atoms with Gasteiger partial charge in [-0.1, -0.05) is 30.8 Å². The lowest BCUT2D eigenvalue weighted by atomic mass is 10.0. The Hall–Kier alpha value is -2.88. The Morgan fingerprint density at radius 3 is 2.50 bits per heavy atom. The first kappa shape index (κ1) is 16.0. The standard InChI is InChI=1S/C20H22N4/c1-15-12-19(23-20(21)24(15)2)14-18-5-3-4-17(13-18)7-6-16-8-10-22-11-9-16/h3-5,8-13H,1,6-7,14H2,2H3,(H2,21,23). The number of pyridine rings is 1. The van der Waals surface area contributed by atoms with Crippen molar-refractivity contribution in [1.29, 1.82) is 0 Å². The SMILES string of the molecule is C=C1C=C(Cc2cccc(CCc3ccncc3)c2)N=C(N)N1C. The summed E-state index contributed by atoms with van der Waals surface area (Å²) < 4.78 is 0. The third-order valence-electron chi connectivity index (χ3n) is 4.19. The molecule has 0 fully saturated rings. The molecule has 4 heteroatoms. The number of guanidine groups is 1. The zero-order valence-corrected chi connectivity index (χ0v) is 13.9. The van der Waals surface area contributed by atoms with Crippen molar-refractivity contribution in [2.75, 3.05) is 7.05 Å². The number of nitrogens with zero attached hydrogens (tertiary/aromatic N) is 3. The van der Waals surface area contributed by atoms with Gasteiger partial charge in [-0.15, -0.1) is 0 Å². The van der Waals surface area contributed by atoms with Crippen LogP contribution in [-0.4, -0.2) is 22.9 Å². The minimum atomic E-state index is 0.492. The van der Waals surface area contributed by atoms with Gasteiger partial charge in [-0.25, -0.2) is 4.99 Å². The molecule has 0 spiro atoms. The Morgan fingerprint density at radius 2 is 1.75 bits per heavy atom. The molecule has 1 aliphatic heterocycles. The molecule has 3 rings (SSSR count). The number of likely N-dealkylation sites (N-methyl/N-ethyl adjacent to an activating group) is 1. The first-order valence-electron chi connectivity index (χ1n) is 8.06. The maximum Gasteiger partial charge on any atom is 0.200 e. The maximum atomic E-state index is 5.92. The topological polar surface area (TPSA) is 54.5 Å². The van der Waals surface area contributed by atoms with Gasteiger partial charge >= 0.3 is 0 Å². The highest BCUT2D eigenvalue weighted by molar-refractivity contribution is 5.82. The van der Waals surface area contributed by atoms with Gasteiger partial charge in [-0.2, -0.15) is 0 Å². The second kappa shape index (κ2) is 7.13. The van der Waals surface area contributed by atoms with Crippen LogP contribution in [0.5, 0.6) is 0 Å². The number of benzene rings is 1. The number of aromatic nitrogens is 1. The fraction of sp³-hybridized carbons (Fsp3) is 0.200. The minimum Gasteiger partial charge on any atom is -0.369 e. The van der Waals surface area contributed by atoms with E-state index in [1.54, 1.807) is 4.90 Å². The third-order valence-corrected chi connectivity index (χ3v) is 4.19. The number of nitrogens with two attached hydrogens (primary N) is 1. The molecule has 0 aliphatic carbocycles. The smallest absolute Gasteiger partial charge is 0.200 e. The van der Waals surface area contributed by atoms with Crippen molar-refractivity contribution in [2.24, 2.45) is 10.7 Å². The summed E-state index contributed by atoms with van der Waals surface area (Å²) in [4.78, 5) is 10.3. The van der Waals surface area contributed by atoms with Crippen LogP contribution in [0.15, 0.2) is 77.8 Å². The lowest BCUT2D eigenvalue weighted by Gasteiger charge is -2.23. The molecular weight excluding hydrogens is 296 g/mol. The molecule has 0 unspecified atom stereocenters. The van der Waals surface area contributed by atoms with E-state index in [9.17, 15) is 0 Å². The summed E-state index contributed by atoms with van der Waals surface area (Å²) in [6, 6.07) is 12.8. The Labute approximate surface area is 143 Å². The van der Waals surface area contributed by atoms with Gasteiger partial charge in [0.05, 0.1) is 5.70 Å². The lowest BCUT2D eigenvalue weighted by Crippen LogP contribution is -2.34. The van der Waals surface area contributed by atoms with Crippen molar-refractivity contribution in [3.8, 4) is 0 Å². The summed E-state index contributed by atoms with van der Waals surface area (Å²) in [6.45, 7) is 4.00. The molecule has 24 heavy (non-hydrogen) atoms. The molecule has 2 aromatic rings. The van der Waals surface area contributed by atoms with Crippen LogP contribution in [-0.2, 0) is 19.3 Å². The van der Waals surface area contributed by atoms with Crippen LogP contribution in [0, 0.1) is 0 Å². The van der Waals surface area contributed by atoms with E-state index < -0.39 is 0 Å². The van der Waals surface area contributed by atoms with Crippen LogP contribution in [0.1, 0.15) is 16.7 Å². The number of aliphatic imine (C=N–C) groups is 1. The predicted molar refractivity (Wildman–Crippen MR) is 98.4 cm³/mol. The number of aryl methyl sites for hydroxylation is 2. The van der Waals surface area contributed by atoms with Crippen LogP contribution in [0.25, 0.3) is 0 Å². The van der Waals surface area contributed by atoms with Crippen LogP contribution in [0.4, 0.5) is 0 Å². The van der Waals surface area contributed by atoms with Crippen molar-refractivity contribution in [2.45, 2.75) is 19.3 Å². The first-order chi connectivity index (χ1) is 11.6. The van der Waals surface area contributed by atoms with Gasteiger partial charge in [-0.05, 0) is 47.7 Å². The summed E-state index contributed by atoms with van der Waals surface area (Å²) in [7, 11) is 1.87. The fourth-order valence-electron chi connectivity index (χ4n) is 2.72. The molecule has 0 amide bonds. The molecule has 0 bridgehead atoms. The third kappa shape index (κ3) is 3.90. The normalized spacial score (nSPS) is 14.4. The van der Waals surface area contributed by atoms with E-state index in [2.05, 4.69) is 53.0 Å². The summed E-state index contributed by atoms with van der Waals surface area (Å²) in [5, 5.41) is 0. The van der Waals surface area contributed by atoms with Crippen LogP contribution in [0.3, 0.4) is 0 Å². The van der Waals surface area contributed by atoms with Crippen molar-refractivity contribution >= 4 is 5.96 Å². The van der Waals surface area contributed by atoms with Gasteiger partial charge in [0.25, 0.3) is 0 Å². The van der Waals surface area contributed by atoms with E-state index in [4.69, 9.17) is 5.73 Å². The van der Waals surface area contributed by atoms with Gasteiger partial charge in [-0.3, -0.25) is 4.98 Å². The van der Waals surface area contributed by atoms with E-state index in [0.717, 1.165) is 30.7 Å². The highest BCUT2D eigenvalue weighted by Crippen LogP contribution is 2.18. The second-order valence-corrected chi connectivity index (χ2v) is 6.01. The van der Waals surface area contributed by atoms with Gasteiger partial charge in [0, 0.05) is 31.6 Å². The van der Waals surface area contributed by atoms with Crippen molar-refractivity contribution in [3.63, 3.8) is 0 Å². The van der Waals surface area contributed by atoms with E-state index in [-0.39, 0.29) is 0 Å². The number of hydrogen-bond acceptors (Lipinski definition) is 4. The second-order valence-electron chi connectivity index (χ2n) is 6.01. The molecule has 0 saturated heterocycles. The molecule has 0 radical (unpaired) electrons.